The van der Waals surface area contributed by atoms with Gasteiger partial charge < -0.3 is 5.11 Å². The summed E-state index contributed by atoms with van der Waals surface area (Å²) < 4.78 is 0. The Morgan fingerprint density at radius 2 is 1.70 bits per heavy atom. The summed E-state index contributed by atoms with van der Waals surface area (Å²) >= 11 is 5.90. The quantitative estimate of drug-likeness (QED) is 0.811. The highest BCUT2D eigenvalue weighted by Crippen LogP contribution is 2.30. The fourth-order valence-electron chi connectivity index (χ4n) is 2.49. The SMILES string of the molecule is Cc1ccc(CC(O)(CCCl)c2ccccc2)cc1C. The Balaban J connectivity index is 2.31. The smallest absolute Gasteiger partial charge is 0.0948 e. The third kappa shape index (κ3) is 3.41. The van der Waals surface area contributed by atoms with Crippen LogP contribution in [0.1, 0.15) is 28.7 Å². The zero-order chi connectivity index (χ0) is 14.6. The zero-order valence-electron chi connectivity index (χ0n) is 12.1. The van der Waals surface area contributed by atoms with E-state index in [4.69, 9.17) is 11.6 Å². The maximum atomic E-state index is 11.0. The summed E-state index contributed by atoms with van der Waals surface area (Å²) in [6.45, 7) is 4.20. The minimum absolute atomic E-state index is 0.441. The Morgan fingerprint density at radius 3 is 2.30 bits per heavy atom. The largest absolute Gasteiger partial charge is 0.385 e. The molecule has 0 fully saturated rings. The Morgan fingerprint density at radius 1 is 1.00 bits per heavy atom. The summed E-state index contributed by atoms with van der Waals surface area (Å²) in [6, 6.07) is 16.1. The number of alkyl halides is 1. The molecule has 0 saturated carbocycles. The van der Waals surface area contributed by atoms with Gasteiger partial charge in [-0.3, -0.25) is 0 Å². The van der Waals surface area contributed by atoms with E-state index in [0.29, 0.717) is 18.7 Å². The van der Waals surface area contributed by atoms with E-state index in [1.54, 1.807) is 0 Å². The molecular weight excluding hydrogens is 268 g/mol. The second-order valence-corrected chi connectivity index (χ2v) is 5.81. The summed E-state index contributed by atoms with van der Waals surface area (Å²) in [7, 11) is 0. The molecule has 106 valence electrons. The molecule has 0 radical (unpaired) electrons. The van der Waals surface area contributed by atoms with Crippen molar-refractivity contribution in [1.82, 2.24) is 0 Å². The first kappa shape index (κ1) is 15.1. The Kier molecular flexibility index (Phi) is 4.85. The molecule has 20 heavy (non-hydrogen) atoms. The lowest BCUT2D eigenvalue weighted by Crippen LogP contribution is -2.29. The second kappa shape index (κ2) is 6.43. The van der Waals surface area contributed by atoms with E-state index in [1.807, 2.05) is 30.3 Å². The normalized spacial score (nSPS) is 14.0. The van der Waals surface area contributed by atoms with Crippen molar-refractivity contribution in [3.63, 3.8) is 0 Å². The first-order valence-electron chi connectivity index (χ1n) is 6.95. The van der Waals surface area contributed by atoms with Crippen molar-refractivity contribution in [2.45, 2.75) is 32.3 Å². The molecule has 0 spiro atoms. The summed E-state index contributed by atoms with van der Waals surface area (Å²) in [5.41, 5.74) is 3.70. The average molecular weight is 289 g/mol. The standard InChI is InChI=1S/C18H21ClO/c1-14-8-9-16(12-15(14)2)13-18(20,10-11-19)17-6-4-3-5-7-17/h3-9,12,20H,10-11,13H2,1-2H3. The summed E-state index contributed by atoms with van der Waals surface area (Å²) in [5.74, 6) is 0.441. The van der Waals surface area contributed by atoms with E-state index < -0.39 is 5.60 Å². The fraction of sp³-hybridized carbons (Fsp3) is 0.333. The van der Waals surface area contributed by atoms with Crippen LogP contribution in [0.2, 0.25) is 0 Å². The van der Waals surface area contributed by atoms with Crippen LogP contribution in [0.15, 0.2) is 48.5 Å². The number of benzene rings is 2. The van der Waals surface area contributed by atoms with Gasteiger partial charge in [0.25, 0.3) is 0 Å². The van der Waals surface area contributed by atoms with Crippen LogP contribution in [0.25, 0.3) is 0 Å². The van der Waals surface area contributed by atoms with Crippen LogP contribution in [0.5, 0.6) is 0 Å². The number of halogens is 1. The fourth-order valence-corrected chi connectivity index (χ4v) is 2.80. The summed E-state index contributed by atoms with van der Waals surface area (Å²) in [4.78, 5) is 0. The second-order valence-electron chi connectivity index (χ2n) is 5.43. The molecule has 1 nitrogen and oxygen atoms in total. The van der Waals surface area contributed by atoms with Gasteiger partial charge >= 0.3 is 0 Å². The molecule has 2 aromatic rings. The number of rotatable bonds is 5. The molecule has 0 amide bonds. The zero-order valence-corrected chi connectivity index (χ0v) is 12.8. The molecule has 1 unspecified atom stereocenters. The van der Waals surface area contributed by atoms with Crippen molar-refractivity contribution in [2.24, 2.45) is 0 Å². The van der Waals surface area contributed by atoms with E-state index in [9.17, 15) is 5.11 Å². The van der Waals surface area contributed by atoms with Crippen molar-refractivity contribution < 1.29 is 5.11 Å². The van der Waals surface area contributed by atoms with Gasteiger partial charge in [0.05, 0.1) is 5.60 Å². The maximum absolute atomic E-state index is 11.0. The van der Waals surface area contributed by atoms with Crippen LogP contribution in [-0.2, 0) is 12.0 Å². The van der Waals surface area contributed by atoms with Crippen LogP contribution in [-0.4, -0.2) is 11.0 Å². The molecular formula is C18H21ClO. The van der Waals surface area contributed by atoms with E-state index in [1.165, 1.54) is 11.1 Å². The third-order valence-electron chi connectivity index (χ3n) is 3.89. The summed E-state index contributed by atoms with van der Waals surface area (Å²) in [6.07, 6.45) is 1.14. The van der Waals surface area contributed by atoms with Gasteiger partial charge in [-0.1, -0.05) is 48.5 Å². The molecule has 2 rings (SSSR count). The predicted molar refractivity (Wildman–Crippen MR) is 85.3 cm³/mol. The number of aliphatic hydroxyl groups is 1. The Bertz CT molecular complexity index is 565. The van der Waals surface area contributed by atoms with E-state index >= 15 is 0 Å². The van der Waals surface area contributed by atoms with Gasteiger partial charge in [0.15, 0.2) is 0 Å². The molecule has 2 aromatic carbocycles. The van der Waals surface area contributed by atoms with Gasteiger partial charge in [0, 0.05) is 12.3 Å². The van der Waals surface area contributed by atoms with Crippen LogP contribution in [0.3, 0.4) is 0 Å². The predicted octanol–water partition coefficient (Wildman–Crippen LogP) is 4.36. The van der Waals surface area contributed by atoms with Gasteiger partial charge in [-0.2, -0.15) is 0 Å². The van der Waals surface area contributed by atoms with Gasteiger partial charge in [-0.05, 0) is 42.5 Å². The minimum Gasteiger partial charge on any atom is -0.385 e. The maximum Gasteiger partial charge on any atom is 0.0948 e. The van der Waals surface area contributed by atoms with E-state index in [0.717, 1.165) is 11.1 Å². The molecule has 0 aliphatic heterocycles. The molecule has 0 heterocycles. The van der Waals surface area contributed by atoms with E-state index in [-0.39, 0.29) is 0 Å². The lowest BCUT2D eigenvalue weighted by atomic mass is 9.84. The van der Waals surface area contributed by atoms with Gasteiger partial charge in [-0.15, -0.1) is 11.6 Å². The van der Waals surface area contributed by atoms with E-state index in [2.05, 4.69) is 32.0 Å². The highest BCUT2D eigenvalue weighted by molar-refractivity contribution is 6.17. The lowest BCUT2D eigenvalue weighted by Gasteiger charge is -2.28. The topological polar surface area (TPSA) is 20.2 Å². The van der Waals surface area contributed by atoms with Gasteiger partial charge in [0.2, 0.25) is 0 Å². The molecule has 2 heteroatoms. The molecule has 0 bridgehead atoms. The van der Waals surface area contributed by atoms with Gasteiger partial charge in [-0.25, -0.2) is 0 Å². The Hall–Kier alpha value is -1.31. The van der Waals surface area contributed by atoms with Crippen molar-refractivity contribution in [2.75, 3.05) is 5.88 Å². The molecule has 0 aliphatic rings. The monoisotopic (exact) mass is 288 g/mol. The number of aryl methyl sites for hydroxylation is 2. The van der Waals surface area contributed by atoms with Crippen molar-refractivity contribution in [3.8, 4) is 0 Å². The minimum atomic E-state index is -0.898. The Labute approximate surface area is 126 Å². The van der Waals surface area contributed by atoms with Crippen LogP contribution in [0.4, 0.5) is 0 Å². The van der Waals surface area contributed by atoms with Crippen molar-refractivity contribution in [3.05, 3.63) is 70.8 Å². The molecule has 0 aromatic heterocycles. The van der Waals surface area contributed by atoms with Crippen LogP contribution < -0.4 is 0 Å². The summed E-state index contributed by atoms with van der Waals surface area (Å²) in [5, 5.41) is 11.0. The first-order valence-corrected chi connectivity index (χ1v) is 7.48. The molecule has 0 aliphatic carbocycles. The van der Waals surface area contributed by atoms with Crippen LogP contribution >= 0.6 is 11.6 Å². The van der Waals surface area contributed by atoms with Gasteiger partial charge in [0.1, 0.15) is 0 Å². The molecule has 0 saturated heterocycles. The van der Waals surface area contributed by atoms with Crippen molar-refractivity contribution >= 4 is 11.6 Å². The number of hydrogen-bond donors (Lipinski definition) is 1. The third-order valence-corrected chi connectivity index (χ3v) is 4.08. The lowest BCUT2D eigenvalue weighted by molar-refractivity contribution is 0.0336. The highest BCUT2D eigenvalue weighted by atomic mass is 35.5. The molecule has 1 N–H and O–H groups in total. The average Bonchev–Trinajstić information content (AvgIpc) is 2.44. The molecule has 1 atom stereocenters. The number of hydrogen-bond acceptors (Lipinski definition) is 1. The first-order chi connectivity index (χ1) is 9.55. The van der Waals surface area contributed by atoms with Crippen molar-refractivity contribution in [1.29, 1.82) is 0 Å². The van der Waals surface area contributed by atoms with Crippen LogP contribution in [0, 0.1) is 13.8 Å². The highest BCUT2D eigenvalue weighted by Gasteiger charge is 2.28.